The van der Waals surface area contributed by atoms with Gasteiger partial charge in [0.25, 0.3) is 0 Å². The Kier molecular flexibility index (Phi) is 3.44. The van der Waals surface area contributed by atoms with E-state index in [2.05, 4.69) is 29.8 Å². The molecule has 3 nitrogen and oxygen atoms in total. The molecule has 88 valence electrons. The van der Waals surface area contributed by atoms with Crippen LogP contribution in [0, 0.1) is 6.92 Å². The van der Waals surface area contributed by atoms with Crippen LogP contribution in [0.25, 0.3) is 0 Å². The Bertz CT molecular complexity index is 365. The summed E-state index contributed by atoms with van der Waals surface area (Å²) in [4.78, 5) is 6.88. The summed E-state index contributed by atoms with van der Waals surface area (Å²) < 4.78 is 5.19. The number of likely N-dealkylation sites (tertiary alicyclic amines) is 1. The molecule has 1 fully saturated rings. The van der Waals surface area contributed by atoms with Gasteiger partial charge in [-0.2, -0.15) is 0 Å². The van der Waals surface area contributed by atoms with Gasteiger partial charge in [-0.3, -0.25) is 4.90 Å². The largest absolute Gasteiger partial charge is 0.481 e. The summed E-state index contributed by atoms with van der Waals surface area (Å²) in [5.74, 6) is 0.741. The topological polar surface area (TPSA) is 25.4 Å². The van der Waals surface area contributed by atoms with E-state index >= 15 is 0 Å². The molecule has 1 atom stereocenters. The average Bonchev–Trinajstić information content (AvgIpc) is 2.77. The molecule has 2 heterocycles. The Morgan fingerprint density at radius 1 is 1.56 bits per heavy atom. The minimum absolute atomic E-state index is 0.558. The number of aromatic nitrogens is 1. The Balaban J connectivity index is 2.23. The third-order valence-electron chi connectivity index (χ3n) is 3.40. The van der Waals surface area contributed by atoms with Crippen molar-refractivity contribution in [3.63, 3.8) is 0 Å². The van der Waals surface area contributed by atoms with Crippen LogP contribution >= 0.6 is 0 Å². The Morgan fingerprint density at radius 2 is 2.38 bits per heavy atom. The first-order chi connectivity index (χ1) is 7.76. The van der Waals surface area contributed by atoms with E-state index in [4.69, 9.17) is 4.74 Å². The molecule has 0 aromatic carbocycles. The van der Waals surface area contributed by atoms with Gasteiger partial charge < -0.3 is 4.74 Å². The maximum Gasteiger partial charge on any atom is 0.215 e. The van der Waals surface area contributed by atoms with Gasteiger partial charge in [-0.1, -0.05) is 6.92 Å². The van der Waals surface area contributed by atoms with Crippen LogP contribution in [0.5, 0.6) is 5.88 Å². The highest BCUT2D eigenvalue weighted by molar-refractivity contribution is 5.30. The smallest absolute Gasteiger partial charge is 0.215 e. The minimum atomic E-state index is 0.558. The van der Waals surface area contributed by atoms with E-state index in [1.807, 2.05) is 6.20 Å². The normalized spacial score (nSPS) is 21.3. The van der Waals surface area contributed by atoms with E-state index in [-0.39, 0.29) is 0 Å². The fraction of sp³-hybridized carbons (Fsp3) is 0.615. The molecule has 1 saturated heterocycles. The van der Waals surface area contributed by atoms with Crippen molar-refractivity contribution >= 4 is 0 Å². The molecule has 2 rings (SSSR count). The Hall–Kier alpha value is -1.09. The first-order valence-corrected chi connectivity index (χ1v) is 6.00. The molecule has 0 radical (unpaired) electrons. The van der Waals surface area contributed by atoms with Crippen LogP contribution in [0.4, 0.5) is 0 Å². The van der Waals surface area contributed by atoms with Gasteiger partial charge >= 0.3 is 0 Å². The molecule has 1 aromatic rings. The van der Waals surface area contributed by atoms with Crippen molar-refractivity contribution in [2.75, 3.05) is 20.2 Å². The summed E-state index contributed by atoms with van der Waals surface area (Å²) in [6, 6.07) is 2.77. The predicted octanol–water partition coefficient (Wildman–Crippen LogP) is 2.56. The molecule has 16 heavy (non-hydrogen) atoms. The molecule has 3 heteroatoms. The fourth-order valence-corrected chi connectivity index (χ4v) is 2.56. The lowest BCUT2D eigenvalue weighted by Gasteiger charge is -2.23. The van der Waals surface area contributed by atoms with Crippen molar-refractivity contribution in [2.24, 2.45) is 0 Å². The van der Waals surface area contributed by atoms with Crippen molar-refractivity contribution in [3.05, 3.63) is 23.4 Å². The second-order valence-corrected chi connectivity index (χ2v) is 4.38. The number of hydrogen-bond donors (Lipinski definition) is 0. The Morgan fingerprint density at radius 3 is 3.00 bits per heavy atom. The van der Waals surface area contributed by atoms with Crippen LogP contribution in [0.1, 0.15) is 36.9 Å². The van der Waals surface area contributed by atoms with Crippen molar-refractivity contribution < 1.29 is 4.74 Å². The number of rotatable bonds is 3. The molecular weight excluding hydrogens is 200 g/mol. The van der Waals surface area contributed by atoms with Gasteiger partial charge in [-0.05, 0) is 44.5 Å². The monoisotopic (exact) mass is 220 g/mol. The Labute approximate surface area is 97.4 Å². The number of ether oxygens (including phenoxy) is 1. The summed E-state index contributed by atoms with van der Waals surface area (Å²) >= 11 is 0. The molecule has 0 unspecified atom stereocenters. The summed E-state index contributed by atoms with van der Waals surface area (Å²) in [5, 5.41) is 0. The molecule has 0 spiro atoms. The molecular formula is C13H20N2O. The zero-order valence-electron chi connectivity index (χ0n) is 10.4. The van der Waals surface area contributed by atoms with Crippen LogP contribution in [0.3, 0.4) is 0 Å². The lowest BCUT2D eigenvalue weighted by molar-refractivity contribution is 0.270. The first-order valence-electron chi connectivity index (χ1n) is 6.00. The van der Waals surface area contributed by atoms with Crippen LogP contribution < -0.4 is 4.74 Å². The number of hydrogen-bond acceptors (Lipinski definition) is 3. The number of aryl methyl sites for hydroxylation is 1. The van der Waals surface area contributed by atoms with Crippen LogP contribution in [0.15, 0.2) is 12.3 Å². The zero-order chi connectivity index (χ0) is 11.5. The van der Waals surface area contributed by atoms with Crippen LogP contribution in [-0.2, 0) is 0 Å². The maximum absolute atomic E-state index is 5.19. The van der Waals surface area contributed by atoms with Crippen molar-refractivity contribution in [1.82, 2.24) is 9.88 Å². The molecule has 0 bridgehead atoms. The van der Waals surface area contributed by atoms with Gasteiger partial charge in [0.05, 0.1) is 7.11 Å². The third kappa shape index (κ3) is 2.05. The zero-order valence-corrected chi connectivity index (χ0v) is 10.4. The van der Waals surface area contributed by atoms with Gasteiger partial charge in [-0.15, -0.1) is 0 Å². The highest BCUT2D eigenvalue weighted by atomic mass is 16.5. The third-order valence-corrected chi connectivity index (χ3v) is 3.40. The SMILES string of the molecule is CCN1CCC[C@H]1c1cnc(OC)c(C)c1. The lowest BCUT2D eigenvalue weighted by Crippen LogP contribution is -2.22. The van der Waals surface area contributed by atoms with Gasteiger partial charge in [0.2, 0.25) is 5.88 Å². The minimum Gasteiger partial charge on any atom is -0.481 e. The van der Waals surface area contributed by atoms with Crippen LogP contribution in [-0.4, -0.2) is 30.1 Å². The van der Waals surface area contributed by atoms with Gasteiger partial charge in [0.1, 0.15) is 0 Å². The number of pyridine rings is 1. The molecule has 0 aliphatic carbocycles. The predicted molar refractivity (Wildman–Crippen MR) is 64.7 cm³/mol. The molecule has 0 N–H and O–H groups in total. The molecule has 0 saturated carbocycles. The lowest BCUT2D eigenvalue weighted by atomic mass is 10.1. The number of nitrogens with zero attached hydrogens (tertiary/aromatic N) is 2. The van der Waals surface area contributed by atoms with E-state index in [1.165, 1.54) is 24.9 Å². The average molecular weight is 220 g/mol. The highest BCUT2D eigenvalue weighted by Crippen LogP contribution is 2.32. The quantitative estimate of drug-likeness (QED) is 0.782. The second-order valence-electron chi connectivity index (χ2n) is 4.38. The van der Waals surface area contributed by atoms with Gasteiger partial charge in [0, 0.05) is 17.8 Å². The van der Waals surface area contributed by atoms with E-state index in [0.717, 1.165) is 18.0 Å². The van der Waals surface area contributed by atoms with E-state index in [9.17, 15) is 0 Å². The summed E-state index contributed by atoms with van der Waals surface area (Å²) in [6.07, 6.45) is 4.51. The second kappa shape index (κ2) is 4.83. The standard InChI is InChI=1S/C13H20N2O/c1-4-15-7-5-6-12(15)11-8-10(2)13(16-3)14-9-11/h8-9,12H,4-7H2,1-3H3/t12-/m0/s1. The van der Waals surface area contributed by atoms with E-state index in [0.29, 0.717) is 6.04 Å². The molecule has 1 aromatic heterocycles. The van der Waals surface area contributed by atoms with E-state index < -0.39 is 0 Å². The summed E-state index contributed by atoms with van der Waals surface area (Å²) in [6.45, 7) is 6.62. The van der Waals surface area contributed by atoms with Crippen molar-refractivity contribution in [2.45, 2.75) is 32.7 Å². The van der Waals surface area contributed by atoms with Gasteiger partial charge in [-0.25, -0.2) is 4.98 Å². The fourth-order valence-electron chi connectivity index (χ4n) is 2.56. The summed E-state index contributed by atoms with van der Waals surface area (Å²) in [5.41, 5.74) is 2.46. The van der Waals surface area contributed by atoms with E-state index in [1.54, 1.807) is 7.11 Å². The molecule has 0 amide bonds. The first kappa shape index (κ1) is 11.4. The molecule has 1 aliphatic rings. The molecule has 1 aliphatic heterocycles. The van der Waals surface area contributed by atoms with Gasteiger partial charge in [0.15, 0.2) is 0 Å². The summed E-state index contributed by atoms with van der Waals surface area (Å²) in [7, 11) is 1.67. The highest BCUT2D eigenvalue weighted by Gasteiger charge is 2.25. The van der Waals surface area contributed by atoms with Crippen LogP contribution in [0.2, 0.25) is 0 Å². The number of methoxy groups -OCH3 is 1. The van der Waals surface area contributed by atoms with Crippen molar-refractivity contribution in [1.29, 1.82) is 0 Å². The maximum atomic E-state index is 5.19. The van der Waals surface area contributed by atoms with Crippen molar-refractivity contribution in [3.8, 4) is 5.88 Å².